The molecule has 33 heavy (non-hydrogen) atoms. The second-order valence-corrected chi connectivity index (χ2v) is 9.02. The number of aromatic nitrogens is 7. The van der Waals surface area contributed by atoms with E-state index in [1.165, 1.54) is 16.7 Å². The Bertz CT molecular complexity index is 1130. The fraction of sp³-hybridized carbons (Fsp3) is 0.423. The van der Waals surface area contributed by atoms with Crippen molar-refractivity contribution in [3.05, 3.63) is 76.9 Å². The first-order valence-corrected chi connectivity index (χ1v) is 11.9. The molecule has 2 aromatic heterocycles. The summed E-state index contributed by atoms with van der Waals surface area (Å²) in [5, 5.41) is 19.4. The molecule has 0 aliphatic rings. The predicted molar refractivity (Wildman–Crippen MR) is 130 cm³/mol. The molecule has 7 nitrogen and oxygen atoms in total. The van der Waals surface area contributed by atoms with Crippen LogP contribution in [-0.4, -0.2) is 35.4 Å². The highest BCUT2D eigenvalue weighted by Gasteiger charge is 2.12. The summed E-state index contributed by atoms with van der Waals surface area (Å²) in [5.74, 6) is 3.36. The molecule has 0 saturated carbocycles. The van der Waals surface area contributed by atoms with Gasteiger partial charge in [-0.05, 0) is 47.1 Å². The third-order valence-corrected chi connectivity index (χ3v) is 5.84. The Morgan fingerprint density at radius 2 is 1.76 bits per heavy atom. The summed E-state index contributed by atoms with van der Waals surface area (Å²) < 4.78 is 2.11. The third-order valence-electron chi connectivity index (χ3n) is 5.84. The molecule has 0 saturated heterocycles. The number of hydrogen-bond donors (Lipinski definition) is 1. The minimum Gasteiger partial charge on any atom is -0.245 e. The van der Waals surface area contributed by atoms with E-state index in [4.69, 9.17) is 10.1 Å². The van der Waals surface area contributed by atoms with Gasteiger partial charge in [-0.3, -0.25) is 0 Å². The third kappa shape index (κ3) is 6.12. The van der Waals surface area contributed by atoms with Gasteiger partial charge in [-0.15, -0.1) is 10.2 Å². The van der Waals surface area contributed by atoms with Gasteiger partial charge < -0.3 is 0 Å². The normalized spacial score (nSPS) is 11.4. The van der Waals surface area contributed by atoms with E-state index in [9.17, 15) is 0 Å². The number of H-pyrrole nitrogens is 1. The van der Waals surface area contributed by atoms with E-state index in [1.54, 1.807) is 0 Å². The maximum absolute atomic E-state index is 4.86. The van der Waals surface area contributed by atoms with Gasteiger partial charge in [0.2, 0.25) is 5.82 Å². The molecule has 0 bridgehead atoms. The van der Waals surface area contributed by atoms with E-state index in [0.717, 1.165) is 62.3 Å². The second kappa shape index (κ2) is 11.0. The van der Waals surface area contributed by atoms with Crippen LogP contribution in [0, 0.1) is 5.92 Å². The number of aryl methyl sites for hydroxylation is 2. The quantitative estimate of drug-likeness (QED) is 0.351. The van der Waals surface area contributed by atoms with E-state index in [0.29, 0.717) is 11.7 Å². The standard InChI is InChI=1S/C26H33N7/c1-4-5-10-24-27-25(16-11-19(2)3)33(30-24)18-21-14-12-20(13-15-21)17-22-8-6-7-9-23(22)26-28-31-32-29-26/h6-9,12-15,19H,4-5,10-11,16-18H2,1-3H3,(H,28,29,31,32). The van der Waals surface area contributed by atoms with E-state index < -0.39 is 0 Å². The Kier molecular flexibility index (Phi) is 7.60. The molecule has 2 heterocycles. The van der Waals surface area contributed by atoms with Gasteiger partial charge in [0.1, 0.15) is 5.82 Å². The van der Waals surface area contributed by atoms with Crippen LogP contribution in [0.1, 0.15) is 68.4 Å². The van der Waals surface area contributed by atoms with Crippen LogP contribution in [0.15, 0.2) is 48.5 Å². The van der Waals surface area contributed by atoms with E-state index in [1.807, 2.05) is 18.2 Å². The first-order chi connectivity index (χ1) is 16.1. The number of rotatable bonds is 11. The number of benzene rings is 2. The van der Waals surface area contributed by atoms with Crippen molar-refractivity contribution in [3.63, 3.8) is 0 Å². The lowest BCUT2D eigenvalue weighted by Gasteiger charge is -2.10. The molecule has 0 aliphatic heterocycles. The van der Waals surface area contributed by atoms with Crippen LogP contribution >= 0.6 is 0 Å². The lowest BCUT2D eigenvalue weighted by atomic mass is 9.98. The van der Waals surface area contributed by atoms with Crippen molar-refractivity contribution in [2.75, 3.05) is 0 Å². The summed E-state index contributed by atoms with van der Waals surface area (Å²) in [4.78, 5) is 4.86. The zero-order valence-corrected chi connectivity index (χ0v) is 19.8. The molecule has 0 unspecified atom stereocenters. The molecule has 0 aliphatic carbocycles. The van der Waals surface area contributed by atoms with Crippen LogP contribution < -0.4 is 0 Å². The summed E-state index contributed by atoms with van der Waals surface area (Å²) in [7, 11) is 0. The van der Waals surface area contributed by atoms with Gasteiger partial charge >= 0.3 is 0 Å². The molecule has 0 radical (unpaired) electrons. The predicted octanol–water partition coefficient (Wildman–Crippen LogP) is 5.03. The fourth-order valence-corrected chi connectivity index (χ4v) is 3.92. The van der Waals surface area contributed by atoms with Gasteiger partial charge in [0.05, 0.1) is 6.54 Å². The summed E-state index contributed by atoms with van der Waals surface area (Å²) in [6.45, 7) is 7.48. The Balaban J connectivity index is 1.48. The molecular formula is C26H33N7. The lowest BCUT2D eigenvalue weighted by Crippen LogP contribution is -2.08. The Morgan fingerprint density at radius 3 is 2.48 bits per heavy atom. The molecule has 0 fully saturated rings. The first kappa shape index (κ1) is 22.8. The van der Waals surface area contributed by atoms with E-state index in [2.05, 4.69) is 76.4 Å². The van der Waals surface area contributed by atoms with Crippen molar-refractivity contribution in [1.82, 2.24) is 35.4 Å². The average molecular weight is 444 g/mol. The van der Waals surface area contributed by atoms with Crippen LogP contribution in [0.5, 0.6) is 0 Å². The molecule has 0 amide bonds. The van der Waals surface area contributed by atoms with Crippen molar-refractivity contribution in [2.24, 2.45) is 5.92 Å². The summed E-state index contributed by atoms with van der Waals surface area (Å²) in [6, 6.07) is 17.0. The Labute approximate surface area is 195 Å². The number of tetrazole rings is 1. The van der Waals surface area contributed by atoms with Crippen LogP contribution in [-0.2, 0) is 25.8 Å². The maximum atomic E-state index is 4.86. The Hall–Kier alpha value is -3.35. The maximum Gasteiger partial charge on any atom is 0.204 e. The van der Waals surface area contributed by atoms with Gasteiger partial charge in [0.25, 0.3) is 0 Å². The lowest BCUT2D eigenvalue weighted by molar-refractivity contribution is 0.546. The molecule has 2 aromatic carbocycles. The smallest absolute Gasteiger partial charge is 0.204 e. The van der Waals surface area contributed by atoms with Gasteiger partial charge in [-0.25, -0.2) is 9.67 Å². The number of nitrogens with one attached hydrogen (secondary N) is 1. The van der Waals surface area contributed by atoms with Crippen molar-refractivity contribution >= 4 is 0 Å². The highest BCUT2D eigenvalue weighted by molar-refractivity contribution is 5.60. The summed E-state index contributed by atoms with van der Waals surface area (Å²) >= 11 is 0. The zero-order chi connectivity index (χ0) is 23.0. The van der Waals surface area contributed by atoms with Gasteiger partial charge in [0, 0.05) is 18.4 Å². The summed E-state index contributed by atoms with van der Waals surface area (Å²) in [6.07, 6.45) is 6.17. The Morgan fingerprint density at radius 1 is 0.970 bits per heavy atom. The number of nitrogens with zero attached hydrogens (tertiary/aromatic N) is 6. The van der Waals surface area contributed by atoms with Crippen LogP contribution in [0.25, 0.3) is 11.4 Å². The van der Waals surface area contributed by atoms with Crippen LogP contribution in [0.3, 0.4) is 0 Å². The highest BCUT2D eigenvalue weighted by atomic mass is 15.5. The topological polar surface area (TPSA) is 85.2 Å². The molecule has 4 rings (SSSR count). The van der Waals surface area contributed by atoms with Crippen molar-refractivity contribution in [2.45, 2.75) is 65.8 Å². The minimum absolute atomic E-state index is 0.626. The van der Waals surface area contributed by atoms with Gasteiger partial charge in [-0.1, -0.05) is 75.7 Å². The zero-order valence-electron chi connectivity index (χ0n) is 19.8. The van der Waals surface area contributed by atoms with Gasteiger partial charge in [-0.2, -0.15) is 10.3 Å². The SMILES string of the molecule is CCCCc1nc(CCC(C)C)n(Cc2ccc(Cc3ccccc3-c3nn[nH]n3)cc2)n1. The van der Waals surface area contributed by atoms with E-state index >= 15 is 0 Å². The fourth-order valence-electron chi connectivity index (χ4n) is 3.92. The van der Waals surface area contributed by atoms with Crippen molar-refractivity contribution < 1.29 is 0 Å². The largest absolute Gasteiger partial charge is 0.245 e. The molecule has 172 valence electrons. The number of aromatic amines is 1. The van der Waals surface area contributed by atoms with Gasteiger partial charge in [0.15, 0.2) is 5.82 Å². The van der Waals surface area contributed by atoms with E-state index in [-0.39, 0.29) is 0 Å². The molecule has 1 N–H and O–H groups in total. The molecule has 0 spiro atoms. The summed E-state index contributed by atoms with van der Waals surface area (Å²) in [5.41, 5.74) is 4.67. The molecule has 0 atom stereocenters. The molecular weight excluding hydrogens is 410 g/mol. The average Bonchev–Trinajstić information content (AvgIpc) is 3.48. The van der Waals surface area contributed by atoms with Crippen molar-refractivity contribution in [3.8, 4) is 11.4 Å². The number of unbranched alkanes of at least 4 members (excludes halogenated alkanes) is 1. The second-order valence-electron chi connectivity index (χ2n) is 9.02. The highest BCUT2D eigenvalue weighted by Crippen LogP contribution is 2.22. The monoisotopic (exact) mass is 443 g/mol. The van der Waals surface area contributed by atoms with Crippen LogP contribution in [0.4, 0.5) is 0 Å². The first-order valence-electron chi connectivity index (χ1n) is 11.9. The molecule has 7 heteroatoms. The molecule has 4 aromatic rings. The number of hydrogen-bond acceptors (Lipinski definition) is 5. The van der Waals surface area contributed by atoms with Crippen LogP contribution in [0.2, 0.25) is 0 Å². The minimum atomic E-state index is 0.626. The van der Waals surface area contributed by atoms with Crippen molar-refractivity contribution in [1.29, 1.82) is 0 Å².